The Morgan fingerprint density at radius 2 is 1.38 bits per heavy atom. The van der Waals surface area contributed by atoms with E-state index in [-0.39, 0.29) is 49.2 Å². The van der Waals surface area contributed by atoms with Crippen molar-refractivity contribution in [1.82, 2.24) is 0 Å². The normalized spacial score (nSPS) is 11.8. The SMILES string of the molecule is CC(C)OC(=O)C(C)(C)CCO.CC(C)OC(=O)CC(C)(C)CO. The quantitative estimate of drug-likeness (QED) is 0.655. The van der Waals surface area contributed by atoms with Crippen LogP contribution in [0.3, 0.4) is 0 Å². The Morgan fingerprint density at radius 3 is 1.71 bits per heavy atom. The van der Waals surface area contributed by atoms with Crippen LogP contribution in [0.25, 0.3) is 0 Å². The van der Waals surface area contributed by atoms with Gasteiger partial charge in [-0.3, -0.25) is 9.59 Å². The molecule has 144 valence electrons. The lowest BCUT2D eigenvalue weighted by atomic mass is 9.90. The molecule has 2 N–H and O–H groups in total. The highest BCUT2D eigenvalue weighted by Crippen LogP contribution is 2.22. The molecular formula is C18H36O6. The lowest BCUT2D eigenvalue weighted by Crippen LogP contribution is -2.29. The van der Waals surface area contributed by atoms with Crippen LogP contribution in [0, 0.1) is 10.8 Å². The third-order valence-electron chi connectivity index (χ3n) is 3.05. The van der Waals surface area contributed by atoms with Crippen LogP contribution >= 0.6 is 0 Å². The number of carbonyl (C=O) groups excluding carboxylic acids is 2. The molecule has 0 saturated carbocycles. The zero-order valence-corrected chi connectivity index (χ0v) is 16.5. The monoisotopic (exact) mass is 348 g/mol. The summed E-state index contributed by atoms with van der Waals surface area (Å²) < 4.78 is 9.96. The van der Waals surface area contributed by atoms with Crippen LogP contribution < -0.4 is 0 Å². The van der Waals surface area contributed by atoms with Gasteiger partial charge in [0.05, 0.1) is 24.0 Å². The molecule has 0 fully saturated rings. The fraction of sp³-hybridized carbons (Fsp3) is 0.889. The van der Waals surface area contributed by atoms with Gasteiger partial charge in [0.1, 0.15) is 0 Å². The molecule has 0 unspecified atom stereocenters. The smallest absolute Gasteiger partial charge is 0.311 e. The molecule has 0 heterocycles. The molecule has 0 radical (unpaired) electrons. The highest BCUT2D eigenvalue weighted by Gasteiger charge is 2.29. The first-order valence-corrected chi connectivity index (χ1v) is 8.39. The second kappa shape index (κ2) is 11.4. The molecule has 0 rings (SSSR count). The molecule has 0 aliphatic heterocycles. The van der Waals surface area contributed by atoms with Gasteiger partial charge in [-0.15, -0.1) is 0 Å². The van der Waals surface area contributed by atoms with Gasteiger partial charge in [0.25, 0.3) is 0 Å². The Hall–Kier alpha value is -1.14. The molecule has 0 atom stereocenters. The van der Waals surface area contributed by atoms with Gasteiger partial charge in [-0.25, -0.2) is 0 Å². The molecule has 0 bridgehead atoms. The second-order valence-corrected chi connectivity index (χ2v) is 7.85. The molecule has 0 amide bonds. The number of aliphatic hydroxyl groups is 2. The van der Waals surface area contributed by atoms with E-state index in [0.29, 0.717) is 6.42 Å². The fourth-order valence-corrected chi connectivity index (χ4v) is 1.51. The third kappa shape index (κ3) is 13.3. The Bertz CT molecular complexity index is 372. The second-order valence-electron chi connectivity index (χ2n) is 7.85. The number of hydrogen-bond acceptors (Lipinski definition) is 6. The van der Waals surface area contributed by atoms with E-state index in [2.05, 4.69) is 0 Å². The summed E-state index contributed by atoms with van der Waals surface area (Å²) >= 11 is 0. The molecule has 0 aromatic rings. The van der Waals surface area contributed by atoms with Crippen molar-refractivity contribution in [3.63, 3.8) is 0 Å². The average molecular weight is 348 g/mol. The number of carbonyl (C=O) groups is 2. The third-order valence-corrected chi connectivity index (χ3v) is 3.05. The summed E-state index contributed by atoms with van der Waals surface area (Å²) in [4.78, 5) is 22.4. The fourth-order valence-electron chi connectivity index (χ4n) is 1.51. The van der Waals surface area contributed by atoms with E-state index in [1.54, 1.807) is 13.8 Å². The minimum atomic E-state index is -0.570. The molecule has 0 aromatic carbocycles. The molecule has 24 heavy (non-hydrogen) atoms. The van der Waals surface area contributed by atoms with E-state index in [4.69, 9.17) is 19.7 Å². The van der Waals surface area contributed by atoms with Crippen LogP contribution in [0.2, 0.25) is 0 Å². The van der Waals surface area contributed by atoms with E-state index in [0.717, 1.165) is 0 Å². The Kier molecular flexibility index (Phi) is 11.9. The van der Waals surface area contributed by atoms with Gasteiger partial charge in [0, 0.05) is 13.2 Å². The maximum Gasteiger partial charge on any atom is 0.311 e. The topological polar surface area (TPSA) is 93.1 Å². The van der Waals surface area contributed by atoms with Crippen molar-refractivity contribution in [3.05, 3.63) is 0 Å². The Morgan fingerprint density at radius 1 is 0.917 bits per heavy atom. The van der Waals surface area contributed by atoms with Crippen molar-refractivity contribution in [3.8, 4) is 0 Å². The number of ether oxygens (including phenoxy) is 2. The highest BCUT2D eigenvalue weighted by atomic mass is 16.5. The first-order chi connectivity index (χ1) is 10.8. The van der Waals surface area contributed by atoms with Crippen LogP contribution in [-0.4, -0.2) is 47.6 Å². The summed E-state index contributed by atoms with van der Waals surface area (Å²) in [7, 11) is 0. The summed E-state index contributed by atoms with van der Waals surface area (Å²) in [6.45, 7) is 14.5. The van der Waals surface area contributed by atoms with E-state index in [1.807, 2.05) is 41.5 Å². The lowest BCUT2D eigenvalue weighted by molar-refractivity contribution is -0.158. The standard InChI is InChI=1S/2C9H18O3/c1-7(2)12-8(11)5-9(3,4)6-10;1-7(2)12-8(11)9(3,4)5-6-10/h2*7,10H,5-6H2,1-4H3. The van der Waals surface area contributed by atoms with Crippen LogP contribution in [-0.2, 0) is 19.1 Å². The van der Waals surface area contributed by atoms with Crippen molar-refractivity contribution < 1.29 is 29.3 Å². The largest absolute Gasteiger partial charge is 0.463 e. The average Bonchev–Trinajstić information content (AvgIpc) is 2.36. The van der Waals surface area contributed by atoms with E-state index in [1.165, 1.54) is 0 Å². The number of aliphatic hydroxyl groups excluding tert-OH is 2. The molecule has 6 heteroatoms. The summed E-state index contributed by atoms with van der Waals surface area (Å²) in [5, 5.41) is 17.5. The maximum atomic E-state index is 11.3. The van der Waals surface area contributed by atoms with Gasteiger partial charge in [0.2, 0.25) is 0 Å². The Labute approximate surface area is 146 Å². The molecule has 0 saturated heterocycles. The minimum Gasteiger partial charge on any atom is -0.463 e. The summed E-state index contributed by atoms with van der Waals surface area (Å²) in [5.41, 5.74) is -0.939. The Balaban J connectivity index is 0. The molecular weight excluding hydrogens is 312 g/mol. The van der Waals surface area contributed by atoms with Crippen molar-refractivity contribution in [2.24, 2.45) is 10.8 Å². The summed E-state index contributed by atoms with van der Waals surface area (Å²) in [6, 6.07) is 0. The highest BCUT2D eigenvalue weighted by molar-refractivity contribution is 5.76. The van der Waals surface area contributed by atoms with Gasteiger partial charge in [-0.2, -0.15) is 0 Å². The van der Waals surface area contributed by atoms with Crippen molar-refractivity contribution in [2.45, 2.75) is 80.4 Å². The van der Waals surface area contributed by atoms with Crippen molar-refractivity contribution >= 4 is 11.9 Å². The van der Waals surface area contributed by atoms with Gasteiger partial charge >= 0.3 is 11.9 Å². The molecule has 6 nitrogen and oxygen atoms in total. The minimum absolute atomic E-state index is 0.000194. The van der Waals surface area contributed by atoms with Crippen LogP contribution in [0.5, 0.6) is 0 Å². The van der Waals surface area contributed by atoms with E-state index in [9.17, 15) is 9.59 Å². The molecule has 0 aliphatic carbocycles. The number of rotatable bonds is 8. The molecule has 0 aliphatic rings. The number of esters is 2. The zero-order valence-electron chi connectivity index (χ0n) is 16.5. The predicted octanol–water partition coefficient (Wildman–Crippen LogP) is 2.69. The zero-order chi connectivity index (χ0) is 19.6. The van der Waals surface area contributed by atoms with Gasteiger partial charge in [-0.1, -0.05) is 13.8 Å². The van der Waals surface area contributed by atoms with Crippen molar-refractivity contribution in [1.29, 1.82) is 0 Å². The van der Waals surface area contributed by atoms with Crippen LogP contribution in [0.4, 0.5) is 0 Å². The predicted molar refractivity (Wildman–Crippen MR) is 93.4 cm³/mol. The lowest BCUT2D eigenvalue weighted by Gasteiger charge is -2.22. The molecule has 0 spiro atoms. The maximum absolute atomic E-state index is 11.3. The van der Waals surface area contributed by atoms with E-state index < -0.39 is 5.41 Å². The van der Waals surface area contributed by atoms with E-state index >= 15 is 0 Å². The van der Waals surface area contributed by atoms with Gasteiger partial charge < -0.3 is 19.7 Å². The van der Waals surface area contributed by atoms with Crippen LogP contribution in [0.15, 0.2) is 0 Å². The summed E-state index contributed by atoms with van der Waals surface area (Å²) in [5.74, 6) is -0.490. The number of hydrogen-bond donors (Lipinski definition) is 2. The van der Waals surface area contributed by atoms with Crippen molar-refractivity contribution in [2.75, 3.05) is 13.2 Å². The first kappa shape index (κ1) is 25.1. The summed E-state index contributed by atoms with van der Waals surface area (Å²) in [6.07, 6.45) is 0.544. The van der Waals surface area contributed by atoms with Gasteiger partial charge in [0.15, 0.2) is 0 Å². The first-order valence-electron chi connectivity index (χ1n) is 8.39. The molecule has 0 aromatic heterocycles. The van der Waals surface area contributed by atoms with Gasteiger partial charge in [-0.05, 0) is 53.4 Å². The van der Waals surface area contributed by atoms with Crippen LogP contribution in [0.1, 0.15) is 68.2 Å².